The number of rotatable bonds is 4. The topological polar surface area (TPSA) is 20.3 Å². The fraction of sp³-hybridized carbons (Fsp3) is 0.105. The lowest BCUT2D eigenvalue weighted by molar-refractivity contribution is -0.116. The molecule has 0 saturated carbocycles. The first-order chi connectivity index (χ1) is 11.2. The van der Waals surface area contributed by atoms with Crippen LogP contribution >= 0.6 is 23.2 Å². The monoisotopic (exact) mass is 343 g/mol. The Morgan fingerprint density at radius 3 is 2.35 bits per heavy atom. The largest absolute Gasteiger partial charge is 0.306 e. The van der Waals surface area contributed by atoms with Gasteiger partial charge in [-0.15, -0.1) is 11.6 Å². The number of carbonyl (C=O) groups is 1. The second-order valence-corrected chi connectivity index (χ2v) is 5.94. The van der Waals surface area contributed by atoms with Gasteiger partial charge in [-0.3, -0.25) is 4.79 Å². The molecule has 0 aliphatic rings. The molecule has 3 rings (SSSR count). The average molecular weight is 344 g/mol. The molecule has 4 heteroatoms. The number of fused-ring (bicyclic) bond motifs is 1. The molecule has 0 aliphatic heterocycles. The highest BCUT2D eigenvalue weighted by atomic mass is 35.5. The van der Waals surface area contributed by atoms with Crippen molar-refractivity contribution in [3.8, 4) is 0 Å². The van der Waals surface area contributed by atoms with Crippen LogP contribution < -0.4 is 4.90 Å². The van der Waals surface area contributed by atoms with Crippen LogP contribution in [0.3, 0.4) is 0 Å². The highest BCUT2D eigenvalue weighted by Crippen LogP contribution is 2.28. The summed E-state index contributed by atoms with van der Waals surface area (Å²) in [4.78, 5) is 14.1. The van der Waals surface area contributed by atoms with Gasteiger partial charge in [-0.1, -0.05) is 60.1 Å². The molecule has 0 fully saturated rings. The Kier molecular flexibility index (Phi) is 4.85. The quantitative estimate of drug-likeness (QED) is 0.591. The van der Waals surface area contributed by atoms with Crippen LogP contribution in [0, 0.1) is 0 Å². The van der Waals surface area contributed by atoms with Gasteiger partial charge in [0.15, 0.2) is 0 Å². The van der Waals surface area contributed by atoms with Gasteiger partial charge < -0.3 is 4.90 Å². The van der Waals surface area contributed by atoms with Crippen molar-refractivity contribution in [1.29, 1.82) is 0 Å². The molecule has 0 aliphatic carbocycles. The normalized spacial score (nSPS) is 10.7. The zero-order valence-electron chi connectivity index (χ0n) is 12.4. The maximum Gasteiger partial charge on any atom is 0.242 e. The van der Waals surface area contributed by atoms with Crippen molar-refractivity contribution >= 4 is 45.6 Å². The summed E-state index contributed by atoms with van der Waals surface area (Å²) in [5, 5.41) is 2.80. The summed E-state index contributed by atoms with van der Waals surface area (Å²) in [6.07, 6.45) is 0. The summed E-state index contributed by atoms with van der Waals surface area (Å²) in [5.41, 5.74) is 1.87. The number of carbonyl (C=O) groups excluding carboxylic acids is 1. The number of nitrogens with zero attached hydrogens (tertiary/aromatic N) is 1. The molecule has 0 spiro atoms. The molecule has 0 aromatic heterocycles. The summed E-state index contributed by atoms with van der Waals surface area (Å²) in [5.74, 6) is -0.186. The molecular weight excluding hydrogens is 329 g/mol. The zero-order chi connectivity index (χ0) is 16.2. The highest BCUT2D eigenvalue weighted by molar-refractivity contribution is 6.30. The summed E-state index contributed by atoms with van der Waals surface area (Å²) >= 11 is 11.8. The summed E-state index contributed by atoms with van der Waals surface area (Å²) in [6.45, 7) is 0.455. The van der Waals surface area contributed by atoms with E-state index in [0.717, 1.165) is 22.0 Å². The van der Waals surface area contributed by atoms with Crippen molar-refractivity contribution in [2.45, 2.75) is 6.54 Å². The van der Waals surface area contributed by atoms with Gasteiger partial charge in [0.2, 0.25) is 5.91 Å². The molecule has 0 unspecified atom stereocenters. The van der Waals surface area contributed by atoms with Crippen LogP contribution in [0.15, 0.2) is 66.7 Å². The molecule has 0 N–H and O–H groups in total. The van der Waals surface area contributed by atoms with Gasteiger partial charge in [0.1, 0.15) is 5.88 Å². The Bertz CT molecular complexity index is 825. The van der Waals surface area contributed by atoms with Crippen LogP contribution in [0.25, 0.3) is 10.8 Å². The molecule has 3 aromatic carbocycles. The van der Waals surface area contributed by atoms with E-state index in [9.17, 15) is 4.79 Å². The standard InChI is InChI=1S/C19H15Cl2NO/c20-12-19(23)22(13-14-8-10-16(21)11-9-14)18-7-3-5-15-4-1-2-6-17(15)18/h1-11H,12-13H2. The second-order valence-electron chi connectivity index (χ2n) is 5.24. The molecule has 3 aromatic rings. The Labute approximate surface area is 145 Å². The maximum atomic E-state index is 12.4. The van der Waals surface area contributed by atoms with E-state index in [2.05, 4.69) is 0 Å². The van der Waals surface area contributed by atoms with Gasteiger partial charge in [-0.2, -0.15) is 0 Å². The molecule has 1 amide bonds. The van der Waals surface area contributed by atoms with Crippen molar-refractivity contribution in [1.82, 2.24) is 0 Å². The van der Waals surface area contributed by atoms with E-state index in [0.29, 0.717) is 11.6 Å². The predicted octanol–water partition coefficient (Wildman–Crippen LogP) is 5.27. The van der Waals surface area contributed by atoms with Gasteiger partial charge in [-0.05, 0) is 29.1 Å². The van der Waals surface area contributed by atoms with E-state index in [1.165, 1.54) is 0 Å². The van der Waals surface area contributed by atoms with E-state index in [1.807, 2.05) is 66.7 Å². The van der Waals surface area contributed by atoms with Gasteiger partial charge >= 0.3 is 0 Å². The first-order valence-corrected chi connectivity index (χ1v) is 8.19. The van der Waals surface area contributed by atoms with Gasteiger partial charge in [0.05, 0.1) is 12.2 Å². The number of anilines is 1. The summed E-state index contributed by atoms with van der Waals surface area (Å²) < 4.78 is 0. The predicted molar refractivity (Wildman–Crippen MR) is 97.3 cm³/mol. The van der Waals surface area contributed by atoms with Crippen LogP contribution in [-0.4, -0.2) is 11.8 Å². The van der Waals surface area contributed by atoms with E-state index in [-0.39, 0.29) is 11.8 Å². The highest BCUT2D eigenvalue weighted by Gasteiger charge is 2.17. The van der Waals surface area contributed by atoms with E-state index in [4.69, 9.17) is 23.2 Å². The Morgan fingerprint density at radius 1 is 0.913 bits per heavy atom. The van der Waals surface area contributed by atoms with E-state index in [1.54, 1.807) is 4.90 Å². The SMILES string of the molecule is O=C(CCl)N(Cc1ccc(Cl)cc1)c1cccc2ccccc12. The third-order valence-corrected chi connectivity index (χ3v) is 4.21. The van der Waals surface area contributed by atoms with E-state index >= 15 is 0 Å². The minimum atomic E-state index is -0.127. The molecule has 0 radical (unpaired) electrons. The van der Waals surface area contributed by atoms with Gasteiger partial charge in [0, 0.05) is 10.4 Å². The minimum Gasteiger partial charge on any atom is -0.306 e. The zero-order valence-corrected chi connectivity index (χ0v) is 13.9. The lowest BCUT2D eigenvalue weighted by Gasteiger charge is -2.24. The van der Waals surface area contributed by atoms with Crippen LogP contribution in [0.1, 0.15) is 5.56 Å². The van der Waals surface area contributed by atoms with Crippen LogP contribution in [0.2, 0.25) is 5.02 Å². The molecule has 0 atom stereocenters. The Morgan fingerprint density at radius 2 is 1.61 bits per heavy atom. The Balaban J connectivity index is 2.04. The third kappa shape index (κ3) is 3.49. The molecule has 0 heterocycles. The second kappa shape index (κ2) is 7.03. The maximum absolute atomic E-state index is 12.4. The number of benzene rings is 3. The molecule has 0 saturated heterocycles. The number of halogens is 2. The van der Waals surface area contributed by atoms with Crippen molar-refractivity contribution < 1.29 is 4.79 Å². The van der Waals surface area contributed by atoms with Gasteiger partial charge in [-0.25, -0.2) is 0 Å². The first kappa shape index (κ1) is 15.9. The van der Waals surface area contributed by atoms with Crippen molar-refractivity contribution in [2.24, 2.45) is 0 Å². The average Bonchev–Trinajstić information content (AvgIpc) is 2.60. The van der Waals surface area contributed by atoms with Gasteiger partial charge in [0.25, 0.3) is 0 Å². The van der Waals surface area contributed by atoms with Crippen molar-refractivity contribution in [3.63, 3.8) is 0 Å². The van der Waals surface area contributed by atoms with Crippen LogP contribution in [-0.2, 0) is 11.3 Å². The molecule has 116 valence electrons. The van der Waals surface area contributed by atoms with Crippen LogP contribution in [0.4, 0.5) is 5.69 Å². The number of hydrogen-bond acceptors (Lipinski definition) is 1. The van der Waals surface area contributed by atoms with Crippen molar-refractivity contribution in [3.05, 3.63) is 77.3 Å². The number of hydrogen-bond donors (Lipinski definition) is 0. The lowest BCUT2D eigenvalue weighted by Crippen LogP contribution is -2.31. The molecule has 23 heavy (non-hydrogen) atoms. The Hall–Kier alpha value is -2.03. The van der Waals surface area contributed by atoms with Crippen molar-refractivity contribution in [2.75, 3.05) is 10.8 Å². The number of alkyl halides is 1. The minimum absolute atomic E-state index is 0.0587. The molecule has 2 nitrogen and oxygen atoms in total. The lowest BCUT2D eigenvalue weighted by atomic mass is 10.1. The summed E-state index contributed by atoms with van der Waals surface area (Å²) in [7, 11) is 0. The fourth-order valence-electron chi connectivity index (χ4n) is 2.60. The summed E-state index contributed by atoms with van der Waals surface area (Å²) in [6, 6.07) is 21.4. The molecular formula is C19H15Cl2NO. The number of amides is 1. The van der Waals surface area contributed by atoms with Crippen LogP contribution in [0.5, 0.6) is 0 Å². The fourth-order valence-corrected chi connectivity index (χ4v) is 2.87. The third-order valence-electron chi connectivity index (χ3n) is 3.73. The van der Waals surface area contributed by atoms with E-state index < -0.39 is 0 Å². The smallest absolute Gasteiger partial charge is 0.242 e. The first-order valence-electron chi connectivity index (χ1n) is 7.27. The molecule has 0 bridgehead atoms.